The Balaban J connectivity index is 1.89. The molecule has 0 spiro atoms. The Morgan fingerprint density at radius 2 is 2.00 bits per heavy atom. The second-order valence-electron chi connectivity index (χ2n) is 4.03. The van der Waals surface area contributed by atoms with E-state index in [0.29, 0.717) is 18.0 Å². The summed E-state index contributed by atoms with van der Waals surface area (Å²) in [6.45, 7) is 1.93. The fourth-order valence-corrected chi connectivity index (χ4v) is 1.63. The summed E-state index contributed by atoms with van der Waals surface area (Å²) >= 11 is 0. The Labute approximate surface area is 121 Å². The number of anilines is 1. The number of ether oxygens (including phenoxy) is 2. The van der Waals surface area contributed by atoms with Gasteiger partial charge in [0.1, 0.15) is 5.75 Å². The van der Waals surface area contributed by atoms with Gasteiger partial charge in [-0.25, -0.2) is 4.79 Å². The van der Waals surface area contributed by atoms with Crippen molar-refractivity contribution in [3.63, 3.8) is 0 Å². The monoisotopic (exact) mass is 289 g/mol. The van der Waals surface area contributed by atoms with E-state index >= 15 is 0 Å². The van der Waals surface area contributed by atoms with Crippen LogP contribution in [0.4, 0.5) is 5.69 Å². The van der Waals surface area contributed by atoms with Gasteiger partial charge in [0.15, 0.2) is 6.61 Å². The molecule has 6 nitrogen and oxygen atoms in total. The average Bonchev–Trinajstić information content (AvgIpc) is 3.01. The molecule has 0 saturated heterocycles. The quantitative estimate of drug-likeness (QED) is 0.826. The summed E-state index contributed by atoms with van der Waals surface area (Å²) in [4.78, 5) is 23.3. The lowest BCUT2D eigenvalue weighted by Gasteiger charge is -2.11. The van der Waals surface area contributed by atoms with Crippen molar-refractivity contribution in [1.29, 1.82) is 0 Å². The summed E-state index contributed by atoms with van der Waals surface area (Å²) in [5.74, 6) is -0.529. The Hall–Kier alpha value is -2.76. The van der Waals surface area contributed by atoms with Crippen LogP contribution in [0.15, 0.2) is 47.1 Å². The number of nitrogens with one attached hydrogen (secondary N) is 1. The van der Waals surface area contributed by atoms with Crippen LogP contribution in [0.3, 0.4) is 0 Å². The fourth-order valence-electron chi connectivity index (χ4n) is 1.63. The lowest BCUT2D eigenvalue weighted by Crippen LogP contribution is -2.21. The van der Waals surface area contributed by atoms with Gasteiger partial charge in [-0.05, 0) is 31.2 Å². The molecule has 2 aromatic rings. The second-order valence-corrected chi connectivity index (χ2v) is 4.03. The first-order valence-electron chi connectivity index (χ1n) is 6.43. The van der Waals surface area contributed by atoms with Crippen LogP contribution in [-0.4, -0.2) is 25.1 Å². The van der Waals surface area contributed by atoms with E-state index in [9.17, 15) is 9.59 Å². The molecule has 1 aromatic heterocycles. The first-order chi connectivity index (χ1) is 10.2. The number of para-hydroxylation sites is 2. The molecule has 2 rings (SSSR count). The van der Waals surface area contributed by atoms with Crippen LogP contribution < -0.4 is 10.1 Å². The molecule has 0 aliphatic rings. The second kappa shape index (κ2) is 7.14. The van der Waals surface area contributed by atoms with Crippen LogP contribution in [0, 0.1) is 0 Å². The van der Waals surface area contributed by atoms with Crippen LogP contribution in [0.2, 0.25) is 0 Å². The summed E-state index contributed by atoms with van der Waals surface area (Å²) in [6, 6.07) is 10.1. The highest BCUT2D eigenvalue weighted by Gasteiger charge is 2.13. The molecule has 0 atom stereocenters. The van der Waals surface area contributed by atoms with E-state index in [1.807, 2.05) is 6.92 Å². The number of carbonyl (C=O) groups excluding carboxylic acids is 2. The molecule has 6 heteroatoms. The topological polar surface area (TPSA) is 77.8 Å². The third kappa shape index (κ3) is 4.10. The van der Waals surface area contributed by atoms with Gasteiger partial charge in [0, 0.05) is 0 Å². The van der Waals surface area contributed by atoms with Gasteiger partial charge in [-0.1, -0.05) is 12.1 Å². The molecule has 0 aliphatic carbocycles. The number of rotatable bonds is 6. The summed E-state index contributed by atoms with van der Waals surface area (Å²) in [6.07, 6.45) is 1.36. The molecule has 1 heterocycles. The Morgan fingerprint density at radius 1 is 1.19 bits per heavy atom. The highest BCUT2D eigenvalue weighted by Crippen LogP contribution is 2.23. The summed E-state index contributed by atoms with van der Waals surface area (Å²) in [7, 11) is 0. The smallest absolute Gasteiger partial charge is 0.374 e. The summed E-state index contributed by atoms with van der Waals surface area (Å²) in [5.41, 5.74) is 0.526. The lowest BCUT2D eigenvalue weighted by molar-refractivity contribution is -0.119. The maximum absolute atomic E-state index is 11.8. The van der Waals surface area contributed by atoms with Crippen molar-refractivity contribution < 1.29 is 23.5 Å². The zero-order chi connectivity index (χ0) is 15.1. The number of furan rings is 1. The number of benzene rings is 1. The van der Waals surface area contributed by atoms with Crippen LogP contribution in [-0.2, 0) is 9.53 Å². The van der Waals surface area contributed by atoms with E-state index in [-0.39, 0.29) is 5.76 Å². The normalized spacial score (nSPS) is 9.95. The number of amides is 1. The van der Waals surface area contributed by atoms with Crippen LogP contribution in [0.5, 0.6) is 5.75 Å². The molecule has 0 fully saturated rings. The van der Waals surface area contributed by atoms with Crippen molar-refractivity contribution >= 4 is 17.6 Å². The highest BCUT2D eigenvalue weighted by atomic mass is 16.5. The molecule has 110 valence electrons. The largest absolute Gasteiger partial charge is 0.492 e. The predicted octanol–water partition coefficient (Wildman–Crippen LogP) is 2.47. The van der Waals surface area contributed by atoms with Crippen molar-refractivity contribution in [3.05, 3.63) is 48.4 Å². The molecule has 1 aromatic carbocycles. The third-order valence-electron chi connectivity index (χ3n) is 2.52. The molecular weight excluding hydrogens is 274 g/mol. The van der Waals surface area contributed by atoms with E-state index in [1.165, 1.54) is 12.3 Å². The minimum atomic E-state index is -0.687. The molecule has 1 N–H and O–H groups in total. The van der Waals surface area contributed by atoms with Crippen molar-refractivity contribution in [3.8, 4) is 5.75 Å². The van der Waals surface area contributed by atoms with Crippen molar-refractivity contribution in [2.45, 2.75) is 6.92 Å². The molecule has 0 radical (unpaired) electrons. The predicted molar refractivity (Wildman–Crippen MR) is 75.2 cm³/mol. The minimum Gasteiger partial charge on any atom is -0.492 e. The van der Waals surface area contributed by atoms with Crippen LogP contribution in [0.1, 0.15) is 17.5 Å². The van der Waals surface area contributed by atoms with E-state index < -0.39 is 18.5 Å². The van der Waals surface area contributed by atoms with E-state index in [4.69, 9.17) is 13.9 Å². The zero-order valence-corrected chi connectivity index (χ0v) is 11.5. The van der Waals surface area contributed by atoms with Gasteiger partial charge < -0.3 is 19.2 Å². The number of hydrogen-bond donors (Lipinski definition) is 1. The SMILES string of the molecule is CCOc1ccccc1NC(=O)COC(=O)c1ccco1. The summed E-state index contributed by atoms with van der Waals surface area (Å²) in [5, 5.41) is 2.62. The Morgan fingerprint density at radius 3 is 2.71 bits per heavy atom. The van der Waals surface area contributed by atoms with Gasteiger partial charge in [0.05, 0.1) is 18.6 Å². The van der Waals surface area contributed by atoms with E-state index in [2.05, 4.69) is 5.32 Å². The number of hydrogen-bond acceptors (Lipinski definition) is 5. The van der Waals surface area contributed by atoms with E-state index in [0.717, 1.165) is 0 Å². The first kappa shape index (κ1) is 14.6. The molecule has 0 unspecified atom stereocenters. The molecule has 0 saturated carbocycles. The van der Waals surface area contributed by atoms with Gasteiger partial charge in [-0.15, -0.1) is 0 Å². The Kier molecular flexibility index (Phi) is 4.98. The van der Waals surface area contributed by atoms with E-state index in [1.54, 1.807) is 30.3 Å². The van der Waals surface area contributed by atoms with Crippen LogP contribution >= 0.6 is 0 Å². The Bertz CT molecular complexity index is 606. The standard InChI is InChI=1S/C15H15NO5/c1-2-19-12-7-4-3-6-11(12)16-14(17)10-21-15(18)13-8-5-9-20-13/h3-9H,2,10H2,1H3,(H,16,17). The number of carbonyl (C=O) groups is 2. The van der Waals surface area contributed by atoms with Gasteiger partial charge >= 0.3 is 5.97 Å². The molecular formula is C15H15NO5. The lowest BCUT2D eigenvalue weighted by atomic mass is 10.3. The third-order valence-corrected chi connectivity index (χ3v) is 2.52. The fraction of sp³-hybridized carbons (Fsp3) is 0.200. The van der Waals surface area contributed by atoms with Gasteiger partial charge in [0.2, 0.25) is 5.76 Å². The maximum atomic E-state index is 11.8. The average molecular weight is 289 g/mol. The maximum Gasteiger partial charge on any atom is 0.374 e. The molecule has 21 heavy (non-hydrogen) atoms. The highest BCUT2D eigenvalue weighted by molar-refractivity contribution is 5.95. The van der Waals surface area contributed by atoms with Crippen molar-refractivity contribution in [2.75, 3.05) is 18.5 Å². The molecule has 1 amide bonds. The molecule has 0 bridgehead atoms. The summed E-state index contributed by atoms with van der Waals surface area (Å²) < 4.78 is 15.1. The molecule has 0 aliphatic heterocycles. The van der Waals surface area contributed by atoms with Gasteiger partial charge in [-0.3, -0.25) is 4.79 Å². The number of esters is 1. The zero-order valence-electron chi connectivity index (χ0n) is 11.5. The minimum absolute atomic E-state index is 0.0533. The first-order valence-corrected chi connectivity index (χ1v) is 6.43. The van der Waals surface area contributed by atoms with Gasteiger partial charge in [0.25, 0.3) is 5.91 Å². The van der Waals surface area contributed by atoms with Crippen molar-refractivity contribution in [2.24, 2.45) is 0 Å². The van der Waals surface area contributed by atoms with Crippen LogP contribution in [0.25, 0.3) is 0 Å². The van der Waals surface area contributed by atoms with Crippen molar-refractivity contribution in [1.82, 2.24) is 0 Å². The van der Waals surface area contributed by atoms with Gasteiger partial charge in [-0.2, -0.15) is 0 Å².